The van der Waals surface area contributed by atoms with Crippen molar-refractivity contribution in [1.82, 2.24) is 0 Å². The van der Waals surface area contributed by atoms with Gasteiger partial charge < -0.3 is 14.7 Å². The van der Waals surface area contributed by atoms with Gasteiger partial charge in [-0.25, -0.2) is 0 Å². The Morgan fingerprint density at radius 2 is 0.848 bits per heavy atom. The number of ether oxygens (including phenoxy) is 1. The molecule has 0 aromatic heterocycles. The summed E-state index contributed by atoms with van der Waals surface area (Å²) in [7, 11) is -2.67. The van der Waals surface area contributed by atoms with Crippen LogP contribution in [0.1, 0.15) is 35.1 Å². The Morgan fingerprint density at radius 1 is 0.576 bits per heavy atom. The van der Waals surface area contributed by atoms with Gasteiger partial charge in [-0.2, -0.15) is 0 Å². The van der Waals surface area contributed by atoms with E-state index in [2.05, 4.69) is 103 Å². The number of hydrogen-bond acceptors (Lipinski definition) is 1. The molecule has 7 heteroatoms. The van der Waals surface area contributed by atoms with Crippen LogP contribution in [0.2, 0.25) is 39.3 Å². The molecule has 2 aromatic carbocycles. The minimum Gasteiger partial charge on any atom is -0.687 e. The van der Waals surface area contributed by atoms with Crippen LogP contribution in [0.25, 0.3) is 9.96 Å². The Hall–Kier alpha value is -0.371. The summed E-state index contributed by atoms with van der Waals surface area (Å²) in [5, 5.41) is 0. The summed E-state index contributed by atoms with van der Waals surface area (Å²) in [5.74, 6) is 0. The monoisotopic (exact) mass is 470 g/mol. The van der Waals surface area contributed by atoms with Gasteiger partial charge in [0.1, 0.15) is 0 Å². The Morgan fingerprint density at radius 3 is 1.03 bits per heavy atom. The molecule has 3 rings (SSSR count). The van der Waals surface area contributed by atoms with Gasteiger partial charge in [-0.3, -0.25) is 0 Å². The van der Waals surface area contributed by atoms with E-state index < -0.39 is 16.5 Å². The third kappa shape index (κ3) is 15.3. The van der Waals surface area contributed by atoms with Crippen LogP contribution >= 0.6 is 0 Å². The number of aryl methyl sites for hydroxylation is 4. The zero-order valence-electron chi connectivity index (χ0n) is 23.6. The number of nitrogens with zero attached hydrogens (tertiary/aromatic N) is 2. The van der Waals surface area contributed by atoms with Crippen molar-refractivity contribution in [3.63, 3.8) is 0 Å². The molecular formula is C26H44Li2N2OSi2. The van der Waals surface area contributed by atoms with Crippen molar-refractivity contribution in [1.29, 1.82) is 0 Å². The average Bonchev–Trinajstić information content (AvgIpc) is 3.21. The molecule has 33 heavy (non-hydrogen) atoms. The molecule has 0 amide bonds. The second-order valence-corrected chi connectivity index (χ2v) is 19.5. The first-order valence-electron chi connectivity index (χ1n) is 11.5. The van der Waals surface area contributed by atoms with Crippen LogP contribution in [0.4, 0.5) is 11.4 Å². The molecule has 0 saturated carbocycles. The van der Waals surface area contributed by atoms with Crippen LogP contribution in [0.5, 0.6) is 0 Å². The van der Waals surface area contributed by atoms with Gasteiger partial charge in [0.05, 0.1) is 0 Å². The molecule has 0 spiro atoms. The minimum absolute atomic E-state index is 0. The van der Waals surface area contributed by atoms with E-state index in [0.717, 1.165) is 13.2 Å². The first-order valence-corrected chi connectivity index (χ1v) is 18.4. The summed E-state index contributed by atoms with van der Waals surface area (Å²) in [6.45, 7) is 24.1. The van der Waals surface area contributed by atoms with Crippen molar-refractivity contribution in [2.45, 2.75) is 79.8 Å². The predicted molar refractivity (Wildman–Crippen MR) is 145 cm³/mol. The standard InChI is InChI=1S/2C11H18NSi.C4H8O.2Li/c2*1-9-7-6-8-10(2)11(9)12-13(3,4)5;1-2-4-5-3-1;;/h2*6-8H,1-5H3;1-4H2;;/q2*-1;;2*+1. The quantitative estimate of drug-likeness (QED) is 0.633. The SMILES string of the molecule is C1CCOC1.Cc1cccc(C)c1[N-][Si](C)(C)C.Cc1cccc(C)c1[N-][Si](C)(C)C.[Li+].[Li+]. The molecule has 0 bridgehead atoms. The van der Waals surface area contributed by atoms with Crippen molar-refractivity contribution in [2.24, 2.45) is 0 Å². The molecular weight excluding hydrogens is 426 g/mol. The molecule has 3 nitrogen and oxygen atoms in total. The van der Waals surface area contributed by atoms with Crippen LogP contribution in [-0.2, 0) is 4.74 Å². The maximum Gasteiger partial charge on any atom is 1.00 e. The van der Waals surface area contributed by atoms with E-state index in [1.165, 1.54) is 46.5 Å². The van der Waals surface area contributed by atoms with Gasteiger partial charge in [-0.15, -0.1) is 11.4 Å². The molecule has 1 fully saturated rings. The van der Waals surface area contributed by atoms with Gasteiger partial charge in [0.25, 0.3) is 0 Å². The van der Waals surface area contributed by atoms with Crippen molar-refractivity contribution in [2.75, 3.05) is 13.2 Å². The van der Waals surface area contributed by atoms with E-state index in [-0.39, 0.29) is 37.7 Å². The van der Waals surface area contributed by atoms with Crippen molar-refractivity contribution in [3.8, 4) is 0 Å². The Labute approximate surface area is 230 Å². The Balaban J connectivity index is 0. The van der Waals surface area contributed by atoms with Crippen LogP contribution in [-0.4, -0.2) is 29.7 Å². The van der Waals surface area contributed by atoms with Gasteiger partial charge >= 0.3 is 37.7 Å². The van der Waals surface area contributed by atoms with Crippen LogP contribution in [0, 0.1) is 27.7 Å². The van der Waals surface area contributed by atoms with E-state index >= 15 is 0 Å². The van der Waals surface area contributed by atoms with Crippen LogP contribution in [0.15, 0.2) is 36.4 Å². The molecule has 2 aromatic rings. The zero-order chi connectivity index (χ0) is 23.7. The second-order valence-electron chi connectivity index (χ2n) is 10.4. The van der Waals surface area contributed by atoms with Gasteiger partial charge in [0.15, 0.2) is 0 Å². The van der Waals surface area contributed by atoms with E-state index in [0.29, 0.717) is 0 Å². The summed E-state index contributed by atoms with van der Waals surface area (Å²) in [6, 6.07) is 12.7. The van der Waals surface area contributed by atoms with Crippen molar-refractivity contribution >= 4 is 27.8 Å². The fraction of sp³-hybridized carbons (Fsp3) is 0.538. The molecule has 1 saturated heterocycles. The van der Waals surface area contributed by atoms with Gasteiger partial charge in [0, 0.05) is 13.2 Å². The molecule has 0 N–H and O–H groups in total. The molecule has 174 valence electrons. The largest absolute Gasteiger partial charge is 1.00 e. The molecule has 1 heterocycles. The van der Waals surface area contributed by atoms with E-state index in [1.807, 2.05) is 0 Å². The second kappa shape index (κ2) is 16.3. The molecule has 0 aliphatic carbocycles. The van der Waals surface area contributed by atoms with Gasteiger partial charge in [-0.1, -0.05) is 97.9 Å². The first-order chi connectivity index (χ1) is 14.3. The third-order valence-electron chi connectivity index (χ3n) is 4.60. The van der Waals surface area contributed by atoms with Gasteiger partial charge in [0.2, 0.25) is 0 Å². The third-order valence-corrected chi connectivity index (χ3v) is 6.39. The molecule has 1 aliphatic heterocycles. The summed E-state index contributed by atoms with van der Waals surface area (Å²) >= 11 is 0. The maximum absolute atomic E-state index is 4.94. The van der Waals surface area contributed by atoms with Crippen molar-refractivity contribution in [3.05, 3.63) is 68.6 Å². The predicted octanol–water partition coefficient (Wildman–Crippen LogP) is 3.09. The fourth-order valence-corrected chi connectivity index (χ4v) is 5.19. The molecule has 0 atom stereocenters. The number of rotatable bonds is 4. The minimum atomic E-state index is -1.34. The smallest absolute Gasteiger partial charge is 0.687 e. The summed E-state index contributed by atoms with van der Waals surface area (Å²) in [4.78, 5) is 9.66. The van der Waals surface area contributed by atoms with Crippen LogP contribution < -0.4 is 37.7 Å². The Bertz CT molecular complexity index is 703. The average molecular weight is 471 g/mol. The topological polar surface area (TPSA) is 37.4 Å². The number of hydrogen-bond donors (Lipinski definition) is 0. The molecule has 1 aliphatic rings. The molecule has 0 unspecified atom stereocenters. The summed E-state index contributed by atoms with van der Waals surface area (Å²) in [6.07, 6.45) is 2.56. The number of benzene rings is 2. The Kier molecular flexibility index (Phi) is 17.2. The van der Waals surface area contributed by atoms with E-state index in [9.17, 15) is 0 Å². The summed E-state index contributed by atoms with van der Waals surface area (Å²) in [5.41, 5.74) is 7.60. The van der Waals surface area contributed by atoms with Crippen LogP contribution in [0.3, 0.4) is 0 Å². The zero-order valence-corrected chi connectivity index (χ0v) is 25.6. The van der Waals surface area contributed by atoms with E-state index in [1.54, 1.807) is 0 Å². The summed E-state index contributed by atoms with van der Waals surface area (Å²) < 4.78 is 4.94. The van der Waals surface area contributed by atoms with E-state index in [4.69, 9.17) is 14.7 Å². The fourth-order valence-electron chi connectivity index (χ4n) is 3.15. The van der Waals surface area contributed by atoms with Gasteiger partial charge in [-0.05, 0) is 57.0 Å². The normalized spacial score (nSPS) is 12.7. The first kappa shape index (κ1) is 34.8. The molecule has 0 radical (unpaired) electrons. The maximum atomic E-state index is 4.94. The van der Waals surface area contributed by atoms with Crippen molar-refractivity contribution < 1.29 is 42.5 Å².